The molecule has 2 aliphatic heterocycles. The molecule has 0 radical (unpaired) electrons. The molecule has 0 aliphatic carbocycles. The SMILES string of the molecule is CSCC[C@@H]1NC(=O)[C@H](C(C)C)NC(=O)CN(C(=O)[C@H]2CCCO2)C[C@@H](Cc2ccccc2)NC(=O)[C@H](C)NC1=O. The number of thioether (sulfide) groups is 1. The van der Waals surface area contributed by atoms with Crippen molar-refractivity contribution in [3.63, 3.8) is 0 Å². The van der Waals surface area contributed by atoms with Crippen LogP contribution in [0.5, 0.6) is 0 Å². The molecule has 226 valence electrons. The highest BCUT2D eigenvalue weighted by atomic mass is 32.2. The van der Waals surface area contributed by atoms with E-state index in [0.29, 0.717) is 31.6 Å². The molecule has 0 bridgehead atoms. The van der Waals surface area contributed by atoms with Crippen LogP contribution in [0.1, 0.15) is 45.6 Å². The lowest BCUT2D eigenvalue weighted by molar-refractivity contribution is -0.145. The average Bonchev–Trinajstić information content (AvgIpc) is 3.48. The first-order valence-corrected chi connectivity index (χ1v) is 15.6. The van der Waals surface area contributed by atoms with E-state index < -0.39 is 53.9 Å². The second-order valence-electron chi connectivity index (χ2n) is 11.0. The molecule has 5 amide bonds. The Hall–Kier alpha value is -3.12. The van der Waals surface area contributed by atoms with Gasteiger partial charge >= 0.3 is 0 Å². The molecule has 2 heterocycles. The first-order valence-electron chi connectivity index (χ1n) is 14.2. The number of carbonyl (C=O) groups is 5. The van der Waals surface area contributed by atoms with Gasteiger partial charge < -0.3 is 30.9 Å². The van der Waals surface area contributed by atoms with Crippen LogP contribution < -0.4 is 21.3 Å². The van der Waals surface area contributed by atoms with E-state index in [9.17, 15) is 24.0 Å². The van der Waals surface area contributed by atoms with Crippen molar-refractivity contribution in [1.82, 2.24) is 26.2 Å². The summed E-state index contributed by atoms with van der Waals surface area (Å²) in [5.41, 5.74) is 0.938. The van der Waals surface area contributed by atoms with Crippen LogP contribution >= 0.6 is 11.8 Å². The molecule has 0 saturated carbocycles. The Morgan fingerprint density at radius 2 is 1.76 bits per heavy atom. The van der Waals surface area contributed by atoms with E-state index in [4.69, 9.17) is 4.74 Å². The highest BCUT2D eigenvalue weighted by Gasteiger charge is 2.35. The van der Waals surface area contributed by atoms with Crippen molar-refractivity contribution in [2.45, 2.75) is 76.7 Å². The van der Waals surface area contributed by atoms with Gasteiger partial charge in [-0.2, -0.15) is 11.8 Å². The van der Waals surface area contributed by atoms with Crippen LogP contribution in [0.15, 0.2) is 30.3 Å². The Morgan fingerprint density at radius 3 is 2.39 bits per heavy atom. The molecule has 2 fully saturated rings. The fourth-order valence-electron chi connectivity index (χ4n) is 4.93. The first-order chi connectivity index (χ1) is 19.6. The van der Waals surface area contributed by atoms with Gasteiger partial charge in [0.2, 0.25) is 23.6 Å². The lowest BCUT2D eigenvalue weighted by Crippen LogP contribution is -2.57. The van der Waals surface area contributed by atoms with Crippen molar-refractivity contribution in [1.29, 1.82) is 0 Å². The van der Waals surface area contributed by atoms with Crippen LogP contribution in [0.2, 0.25) is 0 Å². The molecule has 0 spiro atoms. The number of ether oxygens (including phenoxy) is 1. The Bertz CT molecular complexity index is 1070. The summed E-state index contributed by atoms with van der Waals surface area (Å²) in [7, 11) is 0. The maximum absolute atomic E-state index is 13.5. The number of benzene rings is 1. The van der Waals surface area contributed by atoms with E-state index in [1.807, 2.05) is 36.6 Å². The maximum Gasteiger partial charge on any atom is 0.252 e. The van der Waals surface area contributed by atoms with Crippen molar-refractivity contribution < 1.29 is 28.7 Å². The summed E-state index contributed by atoms with van der Waals surface area (Å²) in [6.45, 7) is 5.37. The Labute approximate surface area is 246 Å². The molecule has 12 heteroatoms. The molecule has 4 N–H and O–H groups in total. The van der Waals surface area contributed by atoms with Gasteiger partial charge in [-0.05, 0) is 56.1 Å². The predicted molar refractivity (Wildman–Crippen MR) is 157 cm³/mol. The lowest BCUT2D eigenvalue weighted by Gasteiger charge is -2.31. The van der Waals surface area contributed by atoms with Crippen molar-refractivity contribution in [3.05, 3.63) is 35.9 Å². The van der Waals surface area contributed by atoms with Crippen molar-refractivity contribution in [2.24, 2.45) is 5.92 Å². The lowest BCUT2D eigenvalue weighted by atomic mass is 10.0. The monoisotopic (exact) mass is 589 g/mol. The van der Waals surface area contributed by atoms with Gasteiger partial charge in [0.25, 0.3) is 5.91 Å². The summed E-state index contributed by atoms with van der Waals surface area (Å²) >= 11 is 1.53. The quantitative estimate of drug-likeness (QED) is 0.365. The van der Waals surface area contributed by atoms with Crippen molar-refractivity contribution in [3.8, 4) is 0 Å². The molecule has 11 nitrogen and oxygen atoms in total. The van der Waals surface area contributed by atoms with Crippen molar-refractivity contribution in [2.75, 3.05) is 31.7 Å². The van der Waals surface area contributed by atoms with Gasteiger partial charge in [0, 0.05) is 13.2 Å². The third kappa shape index (κ3) is 9.74. The summed E-state index contributed by atoms with van der Waals surface area (Å²) in [6.07, 6.45) is 3.27. The summed E-state index contributed by atoms with van der Waals surface area (Å²) in [5, 5.41) is 11.3. The number of amides is 5. The van der Waals surface area contributed by atoms with E-state index in [-0.39, 0.29) is 24.9 Å². The molecule has 5 atom stereocenters. The summed E-state index contributed by atoms with van der Waals surface area (Å²) in [6, 6.07) is 6.25. The second kappa shape index (κ2) is 15.8. The van der Waals surface area contributed by atoms with Gasteiger partial charge in [0.05, 0.1) is 12.6 Å². The van der Waals surface area contributed by atoms with Crippen molar-refractivity contribution >= 4 is 41.3 Å². The molecule has 1 aromatic rings. The minimum absolute atomic E-state index is 0.0440. The maximum atomic E-state index is 13.5. The second-order valence-corrected chi connectivity index (χ2v) is 12.0. The van der Waals surface area contributed by atoms with E-state index >= 15 is 0 Å². The van der Waals surface area contributed by atoms with Gasteiger partial charge in [-0.3, -0.25) is 24.0 Å². The molecule has 3 rings (SSSR count). The third-order valence-corrected chi connectivity index (χ3v) is 7.87. The molecule has 0 aromatic heterocycles. The average molecular weight is 590 g/mol. The fourth-order valence-corrected chi connectivity index (χ4v) is 5.40. The first kappa shape index (κ1) is 32.4. The zero-order valence-corrected chi connectivity index (χ0v) is 25.1. The van der Waals surface area contributed by atoms with Crippen LogP contribution in [0, 0.1) is 5.92 Å². The smallest absolute Gasteiger partial charge is 0.252 e. The van der Waals surface area contributed by atoms with Crippen LogP contribution in [0.25, 0.3) is 0 Å². The van der Waals surface area contributed by atoms with Gasteiger partial charge in [0.15, 0.2) is 0 Å². The summed E-state index contributed by atoms with van der Waals surface area (Å²) in [5.74, 6) is -1.93. The van der Waals surface area contributed by atoms with Crippen LogP contribution in [-0.4, -0.2) is 96.4 Å². The van der Waals surface area contributed by atoms with Gasteiger partial charge in [-0.1, -0.05) is 44.2 Å². The number of hydrogen-bond acceptors (Lipinski definition) is 7. The number of carbonyl (C=O) groups excluding carboxylic acids is 5. The minimum Gasteiger partial charge on any atom is -0.368 e. The van der Waals surface area contributed by atoms with E-state index in [0.717, 1.165) is 12.0 Å². The Morgan fingerprint density at radius 1 is 1.02 bits per heavy atom. The van der Waals surface area contributed by atoms with Gasteiger partial charge in [-0.25, -0.2) is 0 Å². The molecule has 1 aromatic carbocycles. The molecule has 2 saturated heterocycles. The Balaban J connectivity index is 1.96. The molecule has 0 unspecified atom stereocenters. The Kier molecular flexibility index (Phi) is 12.5. The number of nitrogens with one attached hydrogen (secondary N) is 4. The van der Waals surface area contributed by atoms with Crippen LogP contribution in [0.3, 0.4) is 0 Å². The molecular weight excluding hydrogens is 546 g/mol. The van der Waals surface area contributed by atoms with E-state index in [1.165, 1.54) is 16.7 Å². The highest BCUT2D eigenvalue weighted by molar-refractivity contribution is 7.98. The molecule has 41 heavy (non-hydrogen) atoms. The molecular formula is C29H43N5O6S. The minimum atomic E-state index is -0.922. The normalized spacial score (nSPS) is 26.9. The fraction of sp³-hybridized carbons (Fsp3) is 0.621. The number of rotatable bonds is 7. The molecule has 2 aliphatic rings. The van der Waals surface area contributed by atoms with E-state index in [2.05, 4.69) is 21.3 Å². The van der Waals surface area contributed by atoms with Gasteiger partial charge in [-0.15, -0.1) is 0 Å². The van der Waals surface area contributed by atoms with Gasteiger partial charge in [0.1, 0.15) is 24.2 Å². The zero-order valence-electron chi connectivity index (χ0n) is 24.3. The topological polar surface area (TPSA) is 146 Å². The number of hydrogen-bond donors (Lipinski definition) is 4. The number of nitrogens with zero attached hydrogens (tertiary/aromatic N) is 1. The van der Waals surface area contributed by atoms with Crippen LogP contribution in [0.4, 0.5) is 0 Å². The van der Waals surface area contributed by atoms with E-state index in [1.54, 1.807) is 20.8 Å². The third-order valence-electron chi connectivity index (χ3n) is 7.22. The summed E-state index contributed by atoms with van der Waals surface area (Å²) < 4.78 is 5.63. The zero-order chi connectivity index (χ0) is 29.9. The standard InChI is InChI=1S/C29H43N5O6S/c1-18(2)25-28(38)32-22(12-14-41-4)27(37)30-19(3)26(36)31-21(15-20-9-6-5-7-10-20)16-34(17-24(35)33-25)29(39)23-11-8-13-40-23/h5-7,9-10,18-19,21-23,25H,8,11-17H2,1-4H3,(H,30,37)(H,31,36)(H,32,38)(H,33,35)/t19-,21+,22-,23+,25-/m0/s1. The highest BCUT2D eigenvalue weighted by Crippen LogP contribution is 2.16. The van der Waals surface area contributed by atoms with Crippen LogP contribution in [-0.2, 0) is 35.1 Å². The largest absolute Gasteiger partial charge is 0.368 e. The predicted octanol–water partition coefficient (Wildman–Crippen LogP) is 0.619. The summed E-state index contributed by atoms with van der Waals surface area (Å²) in [4.78, 5) is 68.0.